The van der Waals surface area contributed by atoms with Crippen LogP contribution in [0.3, 0.4) is 0 Å². The highest BCUT2D eigenvalue weighted by molar-refractivity contribution is 5.61. The van der Waals surface area contributed by atoms with E-state index in [1.54, 1.807) is 0 Å². The molecule has 0 amide bonds. The highest BCUT2D eigenvalue weighted by Gasteiger charge is 2.20. The summed E-state index contributed by atoms with van der Waals surface area (Å²) >= 11 is 0. The van der Waals surface area contributed by atoms with Gasteiger partial charge in [0.2, 0.25) is 0 Å². The Balaban J connectivity index is 1.77. The van der Waals surface area contributed by atoms with Crippen LogP contribution < -0.4 is 10.1 Å². The minimum atomic E-state index is 0.181. The van der Waals surface area contributed by atoms with E-state index < -0.39 is 0 Å². The van der Waals surface area contributed by atoms with Crippen LogP contribution in [-0.4, -0.2) is 17.1 Å². The van der Waals surface area contributed by atoms with E-state index in [4.69, 9.17) is 9.72 Å². The van der Waals surface area contributed by atoms with Crippen molar-refractivity contribution in [2.75, 3.05) is 0 Å². The molecule has 1 aliphatic carbocycles. The van der Waals surface area contributed by atoms with Crippen molar-refractivity contribution in [2.45, 2.75) is 52.3 Å². The van der Waals surface area contributed by atoms with E-state index in [9.17, 15) is 0 Å². The molecule has 0 saturated heterocycles. The van der Waals surface area contributed by atoms with Crippen LogP contribution in [0.2, 0.25) is 0 Å². The highest BCUT2D eigenvalue weighted by Crippen LogP contribution is 2.25. The van der Waals surface area contributed by atoms with E-state index in [2.05, 4.69) is 36.5 Å². The first kappa shape index (κ1) is 15.0. The first-order valence-corrected chi connectivity index (χ1v) is 8.09. The summed E-state index contributed by atoms with van der Waals surface area (Å²) in [6, 6.07) is 13.2. The lowest BCUT2D eigenvalue weighted by molar-refractivity contribution is 0.242. The molecular weight excluding hydrogens is 272 g/mol. The average Bonchev–Trinajstić information content (AvgIpc) is 3.30. The summed E-state index contributed by atoms with van der Waals surface area (Å²) in [6.07, 6.45) is 2.81. The number of nitrogens with zero attached hydrogens (tertiary/aromatic N) is 1. The Bertz CT molecular complexity index is 648. The molecule has 1 aromatic heterocycles. The van der Waals surface area contributed by atoms with Crippen LogP contribution in [0.25, 0.3) is 11.3 Å². The predicted octanol–water partition coefficient (Wildman–Crippen LogP) is 4.10. The number of aryl methyl sites for hydroxylation is 1. The Morgan fingerprint density at radius 1 is 1.23 bits per heavy atom. The fourth-order valence-electron chi connectivity index (χ4n) is 2.48. The molecule has 0 spiro atoms. The molecule has 0 bridgehead atoms. The fraction of sp³-hybridized carbons (Fsp3) is 0.421. The summed E-state index contributed by atoms with van der Waals surface area (Å²) in [5, 5.41) is 3.54. The van der Waals surface area contributed by atoms with E-state index >= 15 is 0 Å². The largest absolute Gasteiger partial charge is 0.491 e. The molecule has 1 N–H and O–H groups in total. The highest BCUT2D eigenvalue weighted by atomic mass is 16.5. The van der Waals surface area contributed by atoms with Gasteiger partial charge in [0.1, 0.15) is 5.75 Å². The Morgan fingerprint density at radius 3 is 2.73 bits per heavy atom. The molecule has 2 aromatic rings. The van der Waals surface area contributed by atoms with Crippen LogP contribution in [0.5, 0.6) is 5.75 Å². The molecule has 0 aliphatic heterocycles. The van der Waals surface area contributed by atoms with Crippen molar-refractivity contribution in [1.82, 2.24) is 10.3 Å². The standard InChI is InChI=1S/C19H24N2O/c1-13(2)22-18-6-4-5-15(11-18)19-10-7-16(14(3)21-19)12-20-17-8-9-17/h4-7,10-11,13,17,20H,8-9,12H2,1-3H3. The van der Waals surface area contributed by atoms with E-state index in [1.165, 1.54) is 18.4 Å². The van der Waals surface area contributed by atoms with Gasteiger partial charge in [0.15, 0.2) is 0 Å². The Labute approximate surface area is 132 Å². The number of benzene rings is 1. The number of hydrogen-bond acceptors (Lipinski definition) is 3. The first-order chi connectivity index (χ1) is 10.6. The minimum Gasteiger partial charge on any atom is -0.491 e. The third-order valence-electron chi connectivity index (χ3n) is 3.86. The fourth-order valence-corrected chi connectivity index (χ4v) is 2.48. The van der Waals surface area contributed by atoms with Gasteiger partial charge in [-0.05, 0) is 57.4 Å². The van der Waals surface area contributed by atoms with Crippen molar-refractivity contribution < 1.29 is 4.74 Å². The van der Waals surface area contributed by atoms with Gasteiger partial charge < -0.3 is 10.1 Å². The van der Waals surface area contributed by atoms with Crippen molar-refractivity contribution in [2.24, 2.45) is 0 Å². The van der Waals surface area contributed by atoms with Crippen LogP contribution in [-0.2, 0) is 6.54 Å². The van der Waals surface area contributed by atoms with Gasteiger partial charge in [-0.2, -0.15) is 0 Å². The zero-order valence-corrected chi connectivity index (χ0v) is 13.6. The Kier molecular flexibility index (Phi) is 4.44. The molecule has 1 aromatic carbocycles. The summed E-state index contributed by atoms with van der Waals surface area (Å²) in [5.41, 5.74) is 4.48. The maximum atomic E-state index is 5.76. The van der Waals surface area contributed by atoms with Crippen LogP contribution in [0.4, 0.5) is 0 Å². The number of aromatic nitrogens is 1. The molecule has 1 aliphatic rings. The smallest absolute Gasteiger partial charge is 0.120 e. The molecule has 3 heteroatoms. The van der Waals surface area contributed by atoms with Crippen LogP contribution in [0.15, 0.2) is 36.4 Å². The lowest BCUT2D eigenvalue weighted by Crippen LogP contribution is -2.16. The van der Waals surface area contributed by atoms with E-state index in [1.807, 2.05) is 26.0 Å². The Hall–Kier alpha value is -1.87. The molecule has 3 rings (SSSR count). The number of hydrogen-bond donors (Lipinski definition) is 1. The van der Waals surface area contributed by atoms with Gasteiger partial charge in [0.05, 0.1) is 11.8 Å². The third-order valence-corrected chi connectivity index (χ3v) is 3.86. The second kappa shape index (κ2) is 6.49. The summed E-state index contributed by atoms with van der Waals surface area (Å²) in [6.45, 7) is 7.08. The summed E-state index contributed by atoms with van der Waals surface area (Å²) in [5.74, 6) is 0.895. The van der Waals surface area contributed by atoms with Gasteiger partial charge in [-0.25, -0.2) is 0 Å². The summed E-state index contributed by atoms with van der Waals surface area (Å²) < 4.78 is 5.76. The van der Waals surface area contributed by atoms with Crippen LogP contribution in [0, 0.1) is 6.92 Å². The van der Waals surface area contributed by atoms with E-state index in [0.717, 1.165) is 35.3 Å². The van der Waals surface area contributed by atoms with E-state index in [0.29, 0.717) is 0 Å². The molecule has 3 nitrogen and oxygen atoms in total. The monoisotopic (exact) mass is 296 g/mol. The molecule has 116 valence electrons. The zero-order chi connectivity index (χ0) is 15.5. The van der Waals surface area contributed by atoms with Gasteiger partial charge in [0, 0.05) is 23.8 Å². The molecule has 22 heavy (non-hydrogen) atoms. The zero-order valence-electron chi connectivity index (χ0n) is 13.6. The van der Waals surface area contributed by atoms with Gasteiger partial charge in [-0.3, -0.25) is 4.98 Å². The summed E-state index contributed by atoms with van der Waals surface area (Å²) in [7, 11) is 0. The lowest BCUT2D eigenvalue weighted by atomic mass is 10.1. The number of ether oxygens (including phenoxy) is 1. The molecule has 1 saturated carbocycles. The SMILES string of the molecule is Cc1nc(-c2cccc(OC(C)C)c2)ccc1CNC1CC1. The number of rotatable bonds is 6. The topological polar surface area (TPSA) is 34.1 Å². The van der Waals surface area contributed by atoms with Crippen molar-refractivity contribution in [3.8, 4) is 17.0 Å². The van der Waals surface area contributed by atoms with Crippen molar-refractivity contribution in [1.29, 1.82) is 0 Å². The van der Waals surface area contributed by atoms with E-state index in [-0.39, 0.29) is 6.10 Å². The molecule has 0 unspecified atom stereocenters. The summed E-state index contributed by atoms with van der Waals surface area (Å²) in [4.78, 5) is 4.77. The molecule has 0 radical (unpaired) electrons. The van der Waals surface area contributed by atoms with Gasteiger partial charge in [-0.15, -0.1) is 0 Å². The van der Waals surface area contributed by atoms with Gasteiger partial charge in [0.25, 0.3) is 0 Å². The Morgan fingerprint density at radius 2 is 2.05 bits per heavy atom. The molecule has 1 heterocycles. The van der Waals surface area contributed by atoms with Crippen LogP contribution in [0.1, 0.15) is 37.9 Å². The van der Waals surface area contributed by atoms with Crippen molar-refractivity contribution in [3.63, 3.8) is 0 Å². The lowest BCUT2D eigenvalue weighted by Gasteiger charge is -2.12. The normalized spacial score (nSPS) is 14.4. The molecule has 1 fully saturated rings. The number of pyridine rings is 1. The second-order valence-corrected chi connectivity index (χ2v) is 6.29. The second-order valence-electron chi connectivity index (χ2n) is 6.29. The van der Waals surface area contributed by atoms with Crippen LogP contribution >= 0.6 is 0 Å². The maximum absolute atomic E-state index is 5.76. The quantitative estimate of drug-likeness (QED) is 0.871. The third kappa shape index (κ3) is 3.86. The van der Waals surface area contributed by atoms with Gasteiger partial charge in [-0.1, -0.05) is 18.2 Å². The average molecular weight is 296 g/mol. The molecular formula is C19H24N2O. The molecule has 0 atom stereocenters. The minimum absolute atomic E-state index is 0.181. The van der Waals surface area contributed by atoms with Gasteiger partial charge >= 0.3 is 0 Å². The van der Waals surface area contributed by atoms with Crippen molar-refractivity contribution in [3.05, 3.63) is 47.7 Å². The number of nitrogens with one attached hydrogen (secondary N) is 1. The first-order valence-electron chi connectivity index (χ1n) is 8.09. The van der Waals surface area contributed by atoms with Crippen molar-refractivity contribution >= 4 is 0 Å². The maximum Gasteiger partial charge on any atom is 0.120 e. The predicted molar refractivity (Wildman–Crippen MR) is 90.0 cm³/mol.